The van der Waals surface area contributed by atoms with Gasteiger partial charge in [-0.3, -0.25) is 0 Å². The molecule has 0 saturated carbocycles. The molecule has 1 aromatic rings. The maximum atomic E-state index is 12.0. The molecule has 0 spiro atoms. The zero-order valence-corrected chi connectivity index (χ0v) is 18.2. The zero-order valence-electron chi connectivity index (χ0n) is 18.2. The summed E-state index contributed by atoms with van der Waals surface area (Å²) >= 11 is 0. The van der Waals surface area contributed by atoms with Crippen molar-refractivity contribution in [3.8, 4) is 0 Å². The second kappa shape index (κ2) is 9.35. The zero-order chi connectivity index (χ0) is 21.3. The van der Waals surface area contributed by atoms with Gasteiger partial charge in [-0.1, -0.05) is 30.3 Å². The van der Waals surface area contributed by atoms with E-state index in [4.69, 9.17) is 4.74 Å². The van der Waals surface area contributed by atoms with Gasteiger partial charge in [0.05, 0.1) is 6.10 Å². The van der Waals surface area contributed by atoms with Crippen molar-refractivity contribution in [3.05, 3.63) is 35.9 Å². The molecule has 5 rings (SSSR count). The minimum Gasteiger partial charge on any atom is -0.460 e. The number of hydrogen-bond acceptors (Lipinski definition) is 6. The van der Waals surface area contributed by atoms with Crippen LogP contribution < -0.4 is 0 Å². The molecule has 0 amide bonds. The molecule has 1 aromatic carbocycles. The third-order valence-corrected chi connectivity index (χ3v) is 7.75. The van der Waals surface area contributed by atoms with Crippen molar-refractivity contribution in [1.29, 1.82) is 0 Å². The Balaban J connectivity index is 0.000000181. The number of ether oxygens (including phenoxy) is 1. The van der Waals surface area contributed by atoms with Gasteiger partial charge in [0.2, 0.25) is 0 Å². The van der Waals surface area contributed by atoms with E-state index < -0.39 is 12.1 Å². The summed E-state index contributed by atoms with van der Waals surface area (Å²) in [4.78, 5) is 16.9. The lowest BCUT2D eigenvalue weighted by atomic mass is 10.0. The van der Waals surface area contributed by atoms with Crippen molar-refractivity contribution in [2.24, 2.45) is 0 Å². The number of hydrogen-bond donors (Lipinski definition) is 2. The molecule has 5 atom stereocenters. The second-order valence-corrected chi connectivity index (χ2v) is 9.57. The Morgan fingerprint density at radius 3 is 1.87 bits per heavy atom. The van der Waals surface area contributed by atoms with Gasteiger partial charge in [0, 0.05) is 24.2 Å². The van der Waals surface area contributed by atoms with Crippen LogP contribution in [0.2, 0.25) is 0 Å². The van der Waals surface area contributed by atoms with Crippen molar-refractivity contribution < 1.29 is 19.7 Å². The van der Waals surface area contributed by atoms with Crippen LogP contribution in [0.4, 0.5) is 0 Å². The van der Waals surface area contributed by atoms with Gasteiger partial charge < -0.3 is 24.7 Å². The molecule has 6 nitrogen and oxygen atoms in total. The molecule has 0 aromatic heterocycles. The first-order valence-corrected chi connectivity index (χ1v) is 11.5. The molecule has 4 heterocycles. The van der Waals surface area contributed by atoms with Gasteiger partial charge in [0.15, 0.2) is 6.10 Å². The average Bonchev–Trinajstić information content (AvgIpc) is 3.08. The maximum absolute atomic E-state index is 12.0. The predicted octanol–water partition coefficient (Wildman–Crippen LogP) is 2.49. The summed E-state index contributed by atoms with van der Waals surface area (Å²) in [5, 5.41) is 19.4. The summed E-state index contributed by atoms with van der Waals surface area (Å²) in [6.07, 6.45) is 7.56. The lowest BCUT2D eigenvalue weighted by Gasteiger charge is -2.36. The number of nitrogens with zero attached hydrogens (tertiary/aromatic N) is 2. The smallest absolute Gasteiger partial charge is 0.339 e. The average molecular weight is 417 g/mol. The molecule has 2 N–H and O–H groups in total. The van der Waals surface area contributed by atoms with Crippen molar-refractivity contribution in [3.63, 3.8) is 0 Å². The highest BCUT2D eigenvalue weighted by atomic mass is 16.6. The Bertz CT molecular complexity index is 686. The molecule has 4 fully saturated rings. The Kier molecular flexibility index (Phi) is 6.78. The lowest BCUT2D eigenvalue weighted by Crippen LogP contribution is -2.43. The summed E-state index contributed by atoms with van der Waals surface area (Å²) in [5.41, 5.74) is 0.591. The molecule has 4 aliphatic rings. The van der Waals surface area contributed by atoms with Crippen molar-refractivity contribution in [2.75, 3.05) is 14.1 Å². The van der Waals surface area contributed by atoms with E-state index in [1.54, 1.807) is 12.1 Å². The third-order valence-electron chi connectivity index (χ3n) is 7.75. The molecule has 4 aliphatic heterocycles. The summed E-state index contributed by atoms with van der Waals surface area (Å²) in [6.45, 7) is 0. The molecule has 0 aliphatic carbocycles. The van der Waals surface area contributed by atoms with Gasteiger partial charge in [0.25, 0.3) is 0 Å². The number of fused-ring (bicyclic) bond motifs is 4. The Morgan fingerprint density at radius 1 is 0.900 bits per heavy atom. The number of aliphatic hydroxyl groups excluding tert-OH is 2. The molecule has 4 saturated heterocycles. The van der Waals surface area contributed by atoms with E-state index in [2.05, 4.69) is 23.9 Å². The van der Waals surface area contributed by atoms with E-state index in [9.17, 15) is 15.0 Å². The van der Waals surface area contributed by atoms with Crippen LogP contribution in [0, 0.1) is 0 Å². The minimum absolute atomic E-state index is 0.00583. The van der Waals surface area contributed by atoms with Crippen LogP contribution in [0.5, 0.6) is 0 Å². The summed E-state index contributed by atoms with van der Waals surface area (Å²) in [5.74, 6) is -0.523. The standard InChI is InChI=1S/C16H21NO3.C8H15NO/c1-17-12-7-8-13(17)10-14(9-12)20-16(19)15(18)11-5-3-2-4-6-11;1-9-6-2-3-7(9)5-8(10)4-6/h2-6,12-15,18H,7-10H2,1H3;6-8,10H,2-5H2,1H3. The molecule has 0 radical (unpaired) electrons. The lowest BCUT2D eigenvalue weighted by molar-refractivity contribution is -0.162. The van der Waals surface area contributed by atoms with Crippen LogP contribution in [-0.4, -0.2) is 76.5 Å². The largest absolute Gasteiger partial charge is 0.460 e. The monoisotopic (exact) mass is 416 g/mol. The number of aliphatic hydroxyl groups is 2. The fourth-order valence-corrected chi connectivity index (χ4v) is 5.84. The highest BCUT2D eigenvalue weighted by Gasteiger charge is 2.40. The summed E-state index contributed by atoms with van der Waals surface area (Å²) in [6, 6.07) is 11.4. The molecule has 5 unspecified atom stereocenters. The fraction of sp³-hybridized carbons (Fsp3) is 0.708. The first kappa shape index (κ1) is 21.8. The van der Waals surface area contributed by atoms with E-state index >= 15 is 0 Å². The number of esters is 1. The number of piperidine rings is 2. The first-order valence-electron chi connectivity index (χ1n) is 11.5. The third kappa shape index (κ3) is 4.72. The van der Waals surface area contributed by atoms with Gasteiger partial charge in [0.1, 0.15) is 6.10 Å². The SMILES string of the molecule is CN1C2CCC1CC(O)C2.CN1C2CCC1CC(OC(=O)C(O)c1ccccc1)C2. The van der Waals surface area contributed by atoms with Crippen LogP contribution in [-0.2, 0) is 9.53 Å². The number of benzene rings is 1. The molecule has 30 heavy (non-hydrogen) atoms. The molecule has 4 bridgehead atoms. The topological polar surface area (TPSA) is 73.2 Å². The minimum atomic E-state index is -1.17. The van der Waals surface area contributed by atoms with E-state index in [1.165, 1.54) is 25.7 Å². The van der Waals surface area contributed by atoms with E-state index in [1.807, 2.05) is 18.2 Å². The van der Waals surface area contributed by atoms with E-state index in [-0.39, 0.29) is 12.2 Å². The van der Waals surface area contributed by atoms with Gasteiger partial charge >= 0.3 is 5.97 Å². The van der Waals surface area contributed by atoms with Crippen LogP contribution in [0.1, 0.15) is 63.0 Å². The van der Waals surface area contributed by atoms with E-state index in [0.717, 1.165) is 25.7 Å². The van der Waals surface area contributed by atoms with Crippen LogP contribution >= 0.6 is 0 Å². The van der Waals surface area contributed by atoms with Crippen molar-refractivity contribution >= 4 is 5.97 Å². The Labute approximate surface area is 179 Å². The second-order valence-electron chi connectivity index (χ2n) is 9.57. The van der Waals surface area contributed by atoms with E-state index in [0.29, 0.717) is 29.7 Å². The molecular formula is C24H36N2O4. The number of rotatable bonds is 3. The number of carbonyl (C=O) groups excluding carboxylic acids is 1. The highest BCUT2D eigenvalue weighted by Crippen LogP contribution is 2.36. The van der Waals surface area contributed by atoms with Crippen LogP contribution in [0.15, 0.2) is 30.3 Å². The number of carbonyl (C=O) groups is 1. The molecular weight excluding hydrogens is 380 g/mol. The Morgan fingerprint density at radius 2 is 1.37 bits per heavy atom. The van der Waals surface area contributed by atoms with Gasteiger partial charge in [-0.25, -0.2) is 4.79 Å². The van der Waals surface area contributed by atoms with Crippen LogP contribution in [0.25, 0.3) is 0 Å². The summed E-state index contributed by atoms with van der Waals surface area (Å²) < 4.78 is 5.52. The van der Waals surface area contributed by atoms with Gasteiger partial charge in [-0.2, -0.15) is 0 Å². The van der Waals surface area contributed by atoms with Gasteiger partial charge in [-0.15, -0.1) is 0 Å². The molecule has 166 valence electrons. The normalized spacial score (nSPS) is 36.7. The molecule has 6 heteroatoms. The van der Waals surface area contributed by atoms with Crippen molar-refractivity contribution in [1.82, 2.24) is 9.80 Å². The highest BCUT2D eigenvalue weighted by molar-refractivity contribution is 5.76. The predicted molar refractivity (Wildman–Crippen MR) is 115 cm³/mol. The maximum Gasteiger partial charge on any atom is 0.339 e. The van der Waals surface area contributed by atoms with Gasteiger partial charge in [-0.05, 0) is 71.0 Å². The quantitative estimate of drug-likeness (QED) is 0.738. The Hall–Kier alpha value is -1.47. The summed E-state index contributed by atoms with van der Waals surface area (Å²) in [7, 11) is 4.34. The first-order chi connectivity index (χ1) is 14.4. The van der Waals surface area contributed by atoms with Crippen molar-refractivity contribution in [2.45, 2.75) is 93.8 Å². The van der Waals surface area contributed by atoms with Crippen LogP contribution in [0.3, 0.4) is 0 Å². The fourth-order valence-electron chi connectivity index (χ4n) is 5.84.